The Balaban J connectivity index is 1.81. The molecule has 126 valence electrons. The first-order chi connectivity index (χ1) is 11.5. The number of carbonyl (C=O) groups excluding carboxylic acids is 1. The average Bonchev–Trinajstić information content (AvgIpc) is 2.91. The maximum Gasteiger partial charge on any atom is 0.268 e. The Labute approximate surface area is 143 Å². The largest absolute Gasteiger partial charge is 0.364 e. The van der Waals surface area contributed by atoms with E-state index in [0.29, 0.717) is 5.82 Å². The Morgan fingerprint density at radius 2 is 2.21 bits per heavy atom. The van der Waals surface area contributed by atoms with Crippen molar-refractivity contribution < 1.29 is 9.18 Å². The molecular weight excluding hydrogens is 333 g/mol. The third-order valence-electron chi connectivity index (χ3n) is 4.17. The lowest BCUT2D eigenvalue weighted by atomic mass is 10.00. The van der Waals surface area contributed by atoms with Crippen molar-refractivity contribution in [3.8, 4) is 0 Å². The van der Waals surface area contributed by atoms with Crippen LogP contribution in [0.5, 0.6) is 0 Å². The van der Waals surface area contributed by atoms with Crippen LogP contribution in [0.3, 0.4) is 0 Å². The molecule has 8 heteroatoms. The highest BCUT2D eigenvalue weighted by Gasteiger charge is 2.33. The van der Waals surface area contributed by atoms with Gasteiger partial charge in [-0.1, -0.05) is 17.7 Å². The second-order valence-electron chi connectivity index (χ2n) is 5.79. The van der Waals surface area contributed by atoms with E-state index in [0.717, 1.165) is 18.5 Å². The van der Waals surface area contributed by atoms with Crippen LogP contribution in [-0.4, -0.2) is 40.4 Å². The van der Waals surface area contributed by atoms with Crippen molar-refractivity contribution in [3.05, 3.63) is 52.7 Å². The minimum atomic E-state index is -0.621. The number of hydrogen-bond acceptors (Lipinski definition) is 5. The number of hydrogen-bond donors (Lipinski definition) is 2. The molecule has 3 N–H and O–H groups in total. The van der Waals surface area contributed by atoms with E-state index in [9.17, 15) is 9.18 Å². The van der Waals surface area contributed by atoms with Gasteiger partial charge in [-0.15, -0.1) is 0 Å². The summed E-state index contributed by atoms with van der Waals surface area (Å²) >= 11 is 5.77. The topological polar surface area (TPSA) is 84.1 Å². The second kappa shape index (κ2) is 6.70. The predicted molar refractivity (Wildman–Crippen MR) is 89.4 cm³/mol. The van der Waals surface area contributed by atoms with E-state index in [1.165, 1.54) is 18.5 Å². The molecular formula is C16H17ClFN5O. The molecule has 0 aliphatic carbocycles. The molecule has 1 aromatic heterocycles. The smallest absolute Gasteiger partial charge is 0.268 e. The van der Waals surface area contributed by atoms with Gasteiger partial charge in [0.05, 0.1) is 23.5 Å². The summed E-state index contributed by atoms with van der Waals surface area (Å²) in [4.78, 5) is 21.3. The van der Waals surface area contributed by atoms with Gasteiger partial charge < -0.3 is 11.1 Å². The standard InChI is InChI=1S/C16H17ClFN5O/c1-23-5-4-12(15(23)9-2-3-10(17)11(18)6-9)22-14-8-20-13(7-21-14)16(19)24/h2-3,6-8,12,15H,4-5H2,1H3,(H2,19,24)(H,21,22). The Kier molecular flexibility index (Phi) is 4.64. The van der Waals surface area contributed by atoms with E-state index in [1.54, 1.807) is 6.07 Å². The fourth-order valence-corrected chi connectivity index (χ4v) is 3.12. The zero-order valence-electron chi connectivity index (χ0n) is 13.0. The zero-order chi connectivity index (χ0) is 17.3. The van der Waals surface area contributed by atoms with Crippen molar-refractivity contribution in [1.82, 2.24) is 14.9 Å². The van der Waals surface area contributed by atoms with Crippen LogP contribution >= 0.6 is 11.6 Å². The molecule has 2 heterocycles. The number of anilines is 1. The van der Waals surface area contributed by atoms with Crippen LogP contribution in [0.4, 0.5) is 10.2 Å². The first-order valence-electron chi connectivity index (χ1n) is 7.49. The van der Waals surface area contributed by atoms with Gasteiger partial charge in [0.2, 0.25) is 0 Å². The average molecular weight is 350 g/mol. The van der Waals surface area contributed by atoms with Crippen molar-refractivity contribution in [2.24, 2.45) is 5.73 Å². The van der Waals surface area contributed by atoms with E-state index in [-0.39, 0.29) is 22.8 Å². The number of halogens is 2. The summed E-state index contributed by atoms with van der Waals surface area (Å²) in [6.45, 7) is 0.860. The summed E-state index contributed by atoms with van der Waals surface area (Å²) in [7, 11) is 1.99. The molecule has 1 aliphatic rings. The molecule has 1 saturated heterocycles. The van der Waals surface area contributed by atoms with Crippen LogP contribution in [0, 0.1) is 5.82 Å². The summed E-state index contributed by atoms with van der Waals surface area (Å²) in [5.41, 5.74) is 6.11. The maximum atomic E-state index is 13.8. The number of rotatable bonds is 4. The lowest BCUT2D eigenvalue weighted by Gasteiger charge is -2.26. The summed E-state index contributed by atoms with van der Waals surface area (Å²) in [5, 5.41) is 3.41. The second-order valence-corrected chi connectivity index (χ2v) is 6.20. The highest BCUT2D eigenvalue weighted by Crippen LogP contribution is 2.34. The minimum absolute atomic E-state index is 0.0191. The molecule has 24 heavy (non-hydrogen) atoms. The van der Waals surface area contributed by atoms with E-state index < -0.39 is 11.7 Å². The van der Waals surface area contributed by atoms with Crippen LogP contribution < -0.4 is 11.1 Å². The molecule has 2 atom stereocenters. The van der Waals surface area contributed by atoms with Crippen LogP contribution in [0.2, 0.25) is 5.02 Å². The highest BCUT2D eigenvalue weighted by atomic mass is 35.5. The Hall–Kier alpha value is -2.25. The van der Waals surface area contributed by atoms with Crippen LogP contribution in [0.25, 0.3) is 0 Å². The van der Waals surface area contributed by atoms with Crippen molar-refractivity contribution >= 4 is 23.3 Å². The quantitative estimate of drug-likeness (QED) is 0.884. The third kappa shape index (κ3) is 3.32. The minimum Gasteiger partial charge on any atom is -0.364 e. The molecule has 0 saturated carbocycles. The number of amides is 1. The molecule has 6 nitrogen and oxygen atoms in total. The number of carbonyl (C=O) groups is 1. The normalized spacial score (nSPS) is 21.0. The van der Waals surface area contributed by atoms with Gasteiger partial charge in [0.15, 0.2) is 0 Å². The van der Waals surface area contributed by atoms with Crippen LogP contribution in [0.15, 0.2) is 30.6 Å². The molecule has 1 aliphatic heterocycles. The van der Waals surface area contributed by atoms with Crippen molar-refractivity contribution in [3.63, 3.8) is 0 Å². The number of aromatic nitrogens is 2. The molecule has 0 bridgehead atoms. The van der Waals surface area contributed by atoms with Crippen LogP contribution in [-0.2, 0) is 0 Å². The Morgan fingerprint density at radius 1 is 1.42 bits per heavy atom. The van der Waals surface area contributed by atoms with Crippen molar-refractivity contribution in [1.29, 1.82) is 0 Å². The van der Waals surface area contributed by atoms with Gasteiger partial charge in [-0.05, 0) is 31.2 Å². The van der Waals surface area contributed by atoms with Gasteiger partial charge in [0.1, 0.15) is 17.3 Å². The monoisotopic (exact) mass is 349 g/mol. The molecule has 1 fully saturated rings. The van der Waals surface area contributed by atoms with Gasteiger partial charge in [-0.3, -0.25) is 9.69 Å². The van der Waals surface area contributed by atoms with Gasteiger partial charge in [-0.2, -0.15) is 0 Å². The SMILES string of the molecule is CN1CCC(Nc2cnc(C(N)=O)cn2)C1c1ccc(Cl)c(F)c1. The molecule has 0 spiro atoms. The first-order valence-corrected chi connectivity index (χ1v) is 7.87. The van der Waals surface area contributed by atoms with Crippen LogP contribution in [0.1, 0.15) is 28.5 Å². The maximum absolute atomic E-state index is 13.8. The molecule has 0 radical (unpaired) electrons. The number of nitrogens with two attached hydrogens (primary N) is 1. The molecule has 1 aromatic carbocycles. The summed E-state index contributed by atoms with van der Waals surface area (Å²) in [5.74, 6) is -0.511. The number of benzene rings is 1. The zero-order valence-corrected chi connectivity index (χ0v) is 13.8. The van der Waals surface area contributed by atoms with Crippen molar-refractivity contribution in [2.75, 3.05) is 18.9 Å². The summed E-state index contributed by atoms with van der Waals surface area (Å²) < 4.78 is 13.8. The van der Waals surface area contributed by atoms with Crippen molar-refractivity contribution in [2.45, 2.75) is 18.5 Å². The predicted octanol–water partition coefficient (Wildman–Crippen LogP) is 2.23. The summed E-state index contributed by atoms with van der Waals surface area (Å²) in [6.07, 6.45) is 3.67. The number of primary amides is 1. The molecule has 2 aromatic rings. The fraction of sp³-hybridized carbons (Fsp3) is 0.312. The number of nitrogens with zero attached hydrogens (tertiary/aromatic N) is 3. The first kappa shape index (κ1) is 16.6. The number of nitrogens with one attached hydrogen (secondary N) is 1. The lowest BCUT2D eigenvalue weighted by molar-refractivity contribution is 0.0995. The van der Waals surface area contributed by atoms with Gasteiger partial charge in [-0.25, -0.2) is 14.4 Å². The fourth-order valence-electron chi connectivity index (χ4n) is 3.00. The van der Waals surface area contributed by atoms with E-state index in [2.05, 4.69) is 20.2 Å². The van der Waals surface area contributed by atoms with Gasteiger partial charge in [0.25, 0.3) is 5.91 Å². The number of likely N-dealkylation sites (N-methyl/N-ethyl adjacent to an activating group) is 1. The molecule has 3 rings (SSSR count). The lowest BCUT2D eigenvalue weighted by Crippen LogP contribution is -2.29. The summed E-state index contributed by atoms with van der Waals surface area (Å²) in [6, 6.07) is 4.87. The Bertz CT molecular complexity index is 755. The van der Waals surface area contributed by atoms with E-state index in [4.69, 9.17) is 17.3 Å². The van der Waals surface area contributed by atoms with E-state index in [1.807, 2.05) is 13.1 Å². The van der Waals surface area contributed by atoms with E-state index >= 15 is 0 Å². The highest BCUT2D eigenvalue weighted by molar-refractivity contribution is 6.30. The Morgan fingerprint density at radius 3 is 2.83 bits per heavy atom. The van der Waals surface area contributed by atoms with Gasteiger partial charge >= 0.3 is 0 Å². The molecule has 2 unspecified atom stereocenters. The molecule has 1 amide bonds. The third-order valence-corrected chi connectivity index (χ3v) is 4.48. The number of likely N-dealkylation sites (tertiary alicyclic amines) is 1. The van der Waals surface area contributed by atoms with Gasteiger partial charge in [0, 0.05) is 12.6 Å².